The van der Waals surface area contributed by atoms with Gasteiger partial charge in [-0.2, -0.15) is 0 Å². The minimum absolute atomic E-state index is 0.106. The van der Waals surface area contributed by atoms with Crippen molar-refractivity contribution in [2.24, 2.45) is 7.05 Å². The Morgan fingerprint density at radius 1 is 1.28 bits per heavy atom. The predicted molar refractivity (Wildman–Crippen MR) is 94.6 cm³/mol. The van der Waals surface area contributed by atoms with Gasteiger partial charge in [-0.1, -0.05) is 30.0 Å². The van der Waals surface area contributed by atoms with E-state index < -0.39 is 0 Å². The zero-order valence-electron chi connectivity index (χ0n) is 14.5. The Kier molecular flexibility index (Phi) is 5.93. The molecule has 7 nitrogen and oxygen atoms in total. The van der Waals surface area contributed by atoms with Gasteiger partial charge in [0.15, 0.2) is 11.0 Å². The van der Waals surface area contributed by atoms with Crippen molar-refractivity contribution in [1.82, 2.24) is 19.7 Å². The van der Waals surface area contributed by atoms with Gasteiger partial charge in [-0.25, -0.2) is 0 Å². The van der Waals surface area contributed by atoms with Crippen molar-refractivity contribution in [2.75, 3.05) is 32.1 Å². The third kappa shape index (κ3) is 4.52. The number of aromatic nitrogens is 3. The van der Waals surface area contributed by atoms with E-state index in [1.54, 1.807) is 0 Å². The molecule has 1 aliphatic rings. The first-order valence-corrected chi connectivity index (χ1v) is 9.18. The maximum atomic E-state index is 12.2. The Labute approximate surface area is 151 Å². The summed E-state index contributed by atoms with van der Waals surface area (Å²) < 4.78 is 13.0. The number of nitrogens with zero attached hydrogens (tertiary/aromatic N) is 4. The molecule has 0 N–H and O–H groups in total. The smallest absolute Gasteiger partial charge is 0.233 e. The van der Waals surface area contributed by atoms with Crippen molar-refractivity contribution in [3.05, 3.63) is 35.7 Å². The molecule has 0 unspecified atom stereocenters. The Morgan fingerprint density at radius 3 is 2.80 bits per heavy atom. The lowest BCUT2D eigenvalue weighted by Gasteiger charge is -2.26. The van der Waals surface area contributed by atoms with Crippen molar-refractivity contribution in [2.45, 2.75) is 18.7 Å². The maximum absolute atomic E-state index is 12.2. The number of morpholine rings is 1. The zero-order chi connectivity index (χ0) is 17.6. The average molecular weight is 362 g/mol. The largest absolute Gasteiger partial charge is 0.485 e. The molecule has 3 rings (SSSR count). The minimum atomic E-state index is 0.106. The monoisotopic (exact) mass is 362 g/mol. The molecule has 0 radical (unpaired) electrons. The maximum Gasteiger partial charge on any atom is 0.233 e. The van der Waals surface area contributed by atoms with Crippen LogP contribution >= 0.6 is 11.8 Å². The second-order valence-corrected chi connectivity index (χ2v) is 6.74. The fourth-order valence-corrected chi connectivity index (χ4v) is 3.32. The Balaban J connectivity index is 1.54. The van der Waals surface area contributed by atoms with Gasteiger partial charge in [0.25, 0.3) is 0 Å². The van der Waals surface area contributed by atoms with E-state index in [1.807, 2.05) is 47.7 Å². The predicted octanol–water partition coefficient (Wildman–Crippen LogP) is 1.65. The number of aryl methyl sites for hydroxylation is 1. The van der Waals surface area contributed by atoms with Crippen LogP contribution in [0.5, 0.6) is 5.75 Å². The highest BCUT2D eigenvalue weighted by Gasteiger charge is 2.18. The van der Waals surface area contributed by atoms with Gasteiger partial charge < -0.3 is 18.9 Å². The van der Waals surface area contributed by atoms with Gasteiger partial charge in [0.1, 0.15) is 12.4 Å². The molecule has 2 aromatic rings. The van der Waals surface area contributed by atoms with Gasteiger partial charge in [-0.05, 0) is 18.6 Å². The van der Waals surface area contributed by atoms with Gasteiger partial charge in [0.05, 0.1) is 19.0 Å². The zero-order valence-corrected chi connectivity index (χ0v) is 15.3. The van der Waals surface area contributed by atoms with Crippen molar-refractivity contribution in [3.8, 4) is 5.75 Å². The molecule has 0 aliphatic carbocycles. The number of carbonyl (C=O) groups is 1. The number of carbonyl (C=O) groups excluding carboxylic acids is 1. The molecule has 1 saturated heterocycles. The van der Waals surface area contributed by atoms with Gasteiger partial charge in [-0.3, -0.25) is 4.79 Å². The van der Waals surface area contributed by atoms with Crippen molar-refractivity contribution in [3.63, 3.8) is 0 Å². The van der Waals surface area contributed by atoms with E-state index in [0.29, 0.717) is 43.8 Å². The average Bonchev–Trinajstić information content (AvgIpc) is 2.99. The summed E-state index contributed by atoms with van der Waals surface area (Å²) in [6, 6.07) is 7.86. The highest BCUT2D eigenvalue weighted by atomic mass is 32.2. The second-order valence-electron chi connectivity index (χ2n) is 5.79. The van der Waals surface area contributed by atoms with E-state index in [9.17, 15) is 4.79 Å². The second kappa shape index (κ2) is 8.35. The summed E-state index contributed by atoms with van der Waals surface area (Å²) in [5.41, 5.74) is 1.08. The summed E-state index contributed by atoms with van der Waals surface area (Å²) in [7, 11) is 1.89. The SMILES string of the molecule is Cc1ccccc1OCc1nnc(SCC(=O)N2CCOCC2)n1C. The van der Waals surface area contributed by atoms with E-state index in [-0.39, 0.29) is 5.91 Å². The molecule has 0 bridgehead atoms. The summed E-state index contributed by atoms with van der Waals surface area (Å²) in [5.74, 6) is 2.02. The highest BCUT2D eigenvalue weighted by Crippen LogP contribution is 2.20. The van der Waals surface area contributed by atoms with E-state index in [4.69, 9.17) is 9.47 Å². The quantitative estimate of drug-likeness (QED) is 0.728. The first-order valence-electron chi connectivity index (χ1n) is 8.20. The van der Waals surface area contributed by atoms with Crippen LogP contribution in [0.15, 0.2) is 29.4 Å². The number of amides is 1. The summed E-state index contributed by atoms with van der Waals surface area (Å²) in [5, 5.41) is 9.05. The molecule has 8 heteroatoms. The first kappa shape index (κ1) is 17.8. The molecule has 1 aromatic heterocycles. The molecule has 25 heavy (non-hydrogen) atoms. The van der Waals surface area contributed by atoms with Crippen molar-refractivity contribution >= 4 is 17.7 Å². The van der Waals surface area contributed by atoms with Crippen LogP contribution in [0.1, 0.15) is 11.4 Å². The van der Waals surface area contributed by atoms with Crippen LogP contribution in [0.4, 0.5) is 0 Å². The van der Waals surface area contributed by atoms with Gasteiger partial charge in [-0.15, -0.1) is 10.2 Å². The molecule has 1 aliphatic heterocycles. The molecule has 2 heterocycles. The number of rotatable bonds is 6. The number of ether oxygens (including phenoxy) is 2. The topological polar surface area (TPSA) is 69.5 Å². The molecule has 1 fully saturated rings. The summed E-state index contributed by atoms with van der Waals surface area (Å²) in [6.07, 6.45) is 0. The number of hydrogen-bond acceptors (Lipinski definition) is 6. The van der Waals surface area contributed by atoms with E-state index in [1.165, 1.54) is 11.8 Å². The van der Waals surface area contributed by atoms with Gasteiger partial charge in [0, 0.05) is 20.1 Å². The number of hydrogen-bond donors (Lipinski definition) is 0. The van der Waals surface area contributed by atoms with Gasteiger partial charge >= 0.3 is 0 Å². The van der Waals surface area contributed by atoms with Crippen LogP contribution in [-0.2, 0) is 23.2 Å². The number of benzene rings is 1. The summed E-state index contributed by atoms with van der Waals surface area (Å²) in [4.78, 5) is 14.0. The fourth-order valence-electron chi connectivity index (χ4n) is 2.49. The molecule has 1 amide bonds. The lowest BCUT2D eigenvalue weighted by Crippen LogP contribution is -2.41. The molecule has 134 valence electrons. The van der Waals surface area contributed by atoms with E-state index >= 15 is 0 Å². The first-order chi connectivity index (χ1) is 12.1. The molecule has 0 spiro atoms. The Bertz CT molecular complexity index is 728. The van der Waals surface area contributed by atoms with Crippen molar-refractivity contribution < 1.29 is 14.3 Å². The molecule has 0 atom stereocenters. The standard InChI is InChI=1S/C17H22N4O3S/c1-13-5-3-4-6-14(13)24-11-15-18-19-17(20(15)2)25-12-16(22)21-7-9-23-10-8-21/h3-6H,7-12H2,1-2H3. The minimum Gasteiger partial charge on any atom is -0.485 e. The van der Waals surface area contributed by atoms with Crippen LogP contribution in [0, 0.1) is 6.92 Å². The molecular weight excluding hydrogens is 340 g/mol. The van der Waals surface area contributed by atoms with Crippen LogP contribution in [-0.4, -0.2) is 57.6 Å². The van der Waals surface area contributed by atoms with Crippen LogP contribution in [0.3, 0.4) is 0 Å². The Hall–Kier alpha value is -2.06. The summed E-state index contributed by atoms with van der Waals surface area (Å²) >= 11 is 1.40. The van der Waals surface area contributed by atoms with Crippen LogP contribution in [0.25, 0.3) is 0 Å². The lowest BCUT2D eigenvalue weighted by molar-refractivity contribution is -0.132. The third-order valence-electron chi connectivity index (χ3n) is 4.06. The summed E-state index contributed by atoms with van der Waals surface area (Å²) in [6.45, 7) is 4.89. The van der Waals surface area contributed by atoms with E-state index in [2.05, 4.69) is 10.2 Å². The molecular formula is C17H22N4O3S. The van der Waals surface area contributed by atoms with E-state index in [0.717, 1.165) is 17.1 Å². The molecule has 1 aromatic carbocycles. The third-order valence-corrected chi connectivity index (χ3v) is 5.07. The normalized spacial score (nSPS) is 14.6. The number of para-hydroxylation sites is 1. The number of thioether (sulfide) groups is 1. The molecule has 0 saturated carbocycles. The van der Waals surface area contributed by atoms with Crippen molar-refractivity contribution in [1.29, 1.82) is 0 Å². The fraction of sp³-hybridized carbons (Fsp3) is 0.471. The van der Waals surface area contributed by atoms with Gasteiger partial charge in [0.2, 0.25) is 5.91 Å². The van der Waals surface area contributed by atoms with Crippen LogP contribution < -0.4 is 4.74 Å². The van der Waals surface area contributed by atoms with Crippen LogP contribution in [0.2, 0.25) is 0 Å². The lowest BCUT2D eigenvalue weighted by atomic mass is 10.2. The Morgan fingerprint density at radius 2 is 2.04 bits per heavy atom. The highest BCUT2D eigenvalue weighted by molar-refractivity contribution is 7.99.